The van der Waals surface area contributed by atoms with Gasteiger partial charge in [-0.3, -0.25) is 14.5 Å². The summed E-state index contributed by atoms with van der Waals surface area (Å²) < 4.78 is 12.9. The Hall–Kier alpha value is -2.19. The van der Waals surface area contributed by atoms with E-state index < -0.39 is 5.54 Å². The molecule has 164 valence electrons. The topological polar surface area (TPSA) is 78.7 Å². The van der Waals surface area contributed by atoms with Gasteiger partial charge in [0, 0.05) is 31.9 Å². The summed E-state index contributed by atoms with van der Waals surface area (Å²) in [7, 11) is 0. The van der Waals surface area contributed by atoms with Crippen molar-refractivity contribution in [2.75, 3.05) is 38.0 Å². The zero-order chi connectivity index (χ0) is 20.1. The summed E-state index contributed by atoms with van der Waals surface area (Å²) in [5, 5.41) is 2.75. The second-order valence-electron chi connectivity index (χ2n) is 7.19. The molecule has 1 unspecified atom stereocenters. The average Bonchev–Trinajstić information content (AvgIpc) is 2.70. The van der Waals surface area contributed by atoms with E-state index in [0.29, 0.717) is 31.9 Å². The number of benzene rings is 2. The second kappa shape index (κ2) is 11.3. The van der Waals surface area contributed by atoms with Gasteiger partial charge in [-0.25, -0.2) is 4.39 Å². The first kappa shape index (κ1) is 25.8. The lowest BCUT2D eigenvalue weighted by Crippen LogP contribution is -2.57. The first-order valence-corrected chi connectivity index (χ1v) is 9.28. The lowest BCUT2D eigenvalue weighted by Gasteiger charge is -2.38. The van der Waals surface area contributed by atoms with Crippen molar-refractivity contribution < 1.29 is 14.0 Å². The Morgan fingerprint density at radius 1 is 1.00 bits per heavy atom. The lowest BCUT2D eigenvalue weighted by molar-refractivity contribution is -0.138. The van der Waals surface area contributed by atoms with Crippen molar-refractivity contribution in [3.8, 4) is 0 Å². The Bertz CT molecular complexity index is 827. The molecule has 0 saturated carbocycles. The Morgan fingerprint density at radius 2 is 1.57 bits per heavy atom. The van der Waals surface area contributed by atoms with Gasteiger partial charge < -0.3 is 16.0 Å². The maximum Gasteiger partial charge on any atom is 0.247 e. The van der Waals surface area contributed by atoms with Crippen molar-refractivity contribution in [3.63, 3.8) is 0 Å². The van der Waals surface area contributed by atoms with Crippen LogP contribution in [-0.4, -0.2) is 54.3 Å². The third-order valence-electron chi connectivity index (χ3n) is 4.97. The summed E-state index contributed by atoms with van der Waals surface area (Å²) in [6, 6.07) is 15.0. The number of nitrogens with one attached hydrogen (secondary N) is 1. The lowest BCUT2D eigenvalue weighted by atomic mass is 9.91. The Morgan fingerprint density at radius 3 is 2.13 bits per heavy atom. The van der Waals surface area contributed by atoms with E-state index in [1.165, 1.54) is 24.3 Å². The van der Waals surface area contributed by atoms with Crippen LogP contribution in [0.15, 0.2) is 54.6 Å². The fraction of sp³-hybridized carbons (Fsp3) is 0.333. The van der Waals surface area contributed by atoms with Gasteiger partial charge in [0.25, 0.3) is 0 Å². The Balaban J connectivity index is 0.00000225. The minimum absolute atomic E-state index is 0. The van der Waals surface area contributed by atoms with Crippen LogP contribution in [0, 0.1) is 5.82 Å². The van der Waals surface area contributed by atoms with Crippen LogP contribution in [0.25, 0.3) is 0 Å². The Kier molecular flexibility index (Phi) is 9.71. The highest BCUT2D eigenvalue weighted by molar-refractivity contribution is 5.92. The molecule has 2 amide bonds. The van der Waals surface area contributed by atoms with Crippen molar-refractivity contribution in [2.24, 2.45) is 5.73 Å². The molecular weight excluding hydrogens is 430 g/mol. The van der Waals surface area contributed by atoms with E-state index in [2.05, 4.69) is 5.32 Å². The summed E-state index contributed by atoms with van der Waals surface area (Å²) in [4.78, 5) is 28.8. The number of halogens is 3. The van der Waals surface area contributed by atoms with E-state index in [0.717, 1.165) is 5.56 Å². The maximum atomic E-state index is 12.9. The zero-order valence-electron chi connectivity index (χ0n) is 16.7. The molecular formula is C21H27Cl2FN4O2. The zero-order valence-corrected chi connectivity index (χ0v) is 18.3. The largest absolute Gasteiger partial charge is 0.338 e. The number of carbonyl (C=O) groups is 2. The molecule has 1 aliphatic rings. The van der Waals surface area contributed by atoms with Crippen LogP contribution in [0.3, 0.4) is 0 Å². The molecule has 6 nitrogen and oxygen atoms in total. The van der Waals surface area contributed by atoms with Gasteiger partial charge in [0.2, 0.25) is 11.8 Å². The SMILES string of the molecule is CC(N)(C(=O)N1CCN(CC(=O)Nc2ccc(F)cc2)CC1)c1ccccc1.Cl.Cl. The van der Waals surface area contributed by atoms with Crippen molar-refractivity contribution in [2.45, 2.75) is 12.5 Å². The highest BCUT2D eigenvalue weighted by atomic mass is 35.5. The summed E-state index contributed by atoms with van der Waals surface area (Å²) in [6.07, 6.45) is 0. The highest BCUT2D eigenvalue weighted by Crippen LogP contribution is 2.21. The van der Waals surface area contributed by atoms with Gasteiger partial charge in [0.15, 0.2) is 0 Å². The van der Waals surface area contributed by atoms with Crippen molar-refractivity contribution in [1.82, 2.24) is 9.80 Å². The van der Waals surface area contributed by atoms with E-state index in [-0.39, 0.29) is 49.0 Å². The van der Waals surface area contributed by atoms with Gasteiger partial charge in [-0.1, -0.05) is 30.3 Å². The van der Waals surface area contributed by atoms with E-state index in [9.17, 15) is 14.0 Å². The minimum atomic E-state index is -1.08. The predicted octanol–water partition coefficient (Wildman–Crippen LogP) is 2.63. The molecule has 0 spiro atoms. The number of nitrogens with zero attached hydrogens (tertiary/aromatic N) is 2. The molecule has 3 rings (SSSR count). The first-order chi connectivity index (χ1) is 13.4. The molecule has 0 aliphatic carbocycles. The number of amides is 2. The Labute approximate surface area is 188 Å². The molecule has 1 heterocycles. The molecule has 30 heavy (non-hydrogen) atoms. The standard InChI is InChI=1S/C21H25FN4O2.2ClH/c1-21(23,16-5-3-2-4-6-16)20(28)26-13-11-25(12-14-26)15-19(27)24-18-9-7-17(22)8-10-18;;/h2-10H,11-15,23H2,1H3,(H,24,27);2*1H. The molecule has 2 aromatic carbocycles. The van der Waals surface area contributed by atoms with Crippen LogP contribution >= 0.6 is 24.8 Å². The van der Waals surface area contributed by atoms with Crippen LogP contribution in [0.5, 0.6) is 0 Å². The summed E-state index contributed by atoms with van der Waals surface area (Å²) in [5.41, 5.74) is 6.58. The molecule has 3 N–H and O–H groups in total. The second-order valence-corrected chi connectivity index (χ2v) is 7.19. The number of nitrogens with two attached hydrogens (primary N) is 1. The van der Waals surface area contributed by atoms with Crippen LogP contribution < -0.4 is 11.1 Å². The monoisotopic (exact) mass is 456 g/mol. The highest BCUT2D eigenvalue weighted by Gasteiger charge is 2.35. The van der Waals surface area contributed by atoms with Gasteiger partial charge in [0.05, 0.1) is 6.54 Å². The number of hydrogen-bond acceptors (Lipinski definition) is 4. The molecule has 0 aromatic heterocycles. The quantitative estimate of drug-likeness (QED) is 0.724. The smallest absolute Gasteiger partial charge is 0.247 e. The fourth-order valence-electron chi connectivity index (χ4n) is 3.28. The van der Waals surface area contributed by atoms with E-state index in [1.807, 2.05) is 35.2 Å². The van der Waals surface area contributed by atoms with Crippen molar-refractivity contribution in [3.05, 3.63) is 66.0 Å². The number of carbonyl (C=O) groups excluding carboxylic acids is 2. The van der Waals surface area contributed by atoms with E-state index in [4.69, 9.17) is 5.73 Å². The minimum Gasteiger partial charge on any atom is -0.338 e. The molecule has 0 bridgehead atoms. The molecule has 2 aromatic rings. The van der Waals surface area contributed by atoms with Gasteiger partial charge in [0.1, 0.15) is 11.4 Å². The molecule has 1 saturated heterocycles. The van der Waals surface area contributed by atoms with Crippen molar-refractivity contribution in [1.29, 1.82) is 0 Å². The van der Waals surface area contributed by atoms with E-state index in [1.54, 1.807) is 11.8 Å². The summed E-state index contributed by atoms with van der Waals surface area (Å²) >= 11 is 0. The number of hydrogen-bond donors (Lipinski definition) is 2. The van der Waals surface area contributed by atoms with Gasteiger partial charge in [-0.2, -0.15) is 0 Å². The fourth-order valence-corrected chi connectivity index (χ4v) is 3.28. The number of rotatable bonds is 5. The van der Waals surface area contributed by atoms with Crippen LogP contribution in [0.4, 0.5) is 10.1 Å². The van der Waals surface area contributed by atoms with Gasteiger partial charge in [-0.15, -0.1) is 24.8 Å². The maximum absolute atomic E-state index is 12.9. The number of anilines is 1. The summed E-state index contributed by atoms with van der Waals surface area (Å²) in [6.45, 7) is 4.16. The van der Waals surface area contributed by atoms with Crippen LogP contribution in [-0.2, 0) is 15.1 Å². The van der Waals surface area contributed by atoms with Crippen LogP contribution in [0.2, 0.25) is 0 Å². The average molecular weight is 457 g/mol. The summed E-state index contributed by atoms with van der Waals surface area (Å²) in [5.74, 6) is -0.630. The third-order valence-corrected chi connectivity index (χ3v) is 4.97. The molecule has 1 aliphatic heterocycles. The first-order valence-electron chi connectivity index (χ1n) is 9.28. The molecule has 9 heteroatoms. The van der Waals surface area contributed by atoms with Crippen LogP contribution in [0.1, 0.15) is 12.5 Å². The van der Waals surface area contributed by atoms with E-state index >= 15 is 0 Å². The van der Waals surface area contributed by atoms with Gasteiger partial charge >= 0.3 is 0 Å². The molecule has 0 radical (unpaired) electrons. The number of piperazine rings is 1. The predicted molar refractivity (Wildman–Crippen MR) is 121 cm³/mol. The van der Waals surface area contributed by atoms with Gasteiger partial charge in [-0.05, 0) is 36.8 Å². The third kappa shape index (κ3) is 6.40. The normalized spacial score (nSPS) is 15.9. The molecule has 1 fully saturated rings. The molecule has 1 atom stereocenters. The van der Waals surface area contributed by atoms with Crippen molar-refractivity contribution >= 4 is 42.3 Å².